The van der Waals surface area contributed by atoms with Gasteiger partial charge >= 0.3 is 0 Å². The number of ether oxygens (including phenoxy) is 1. The van der Waals surface area contributed by atoms with Crippen molar-refractivity contribution < 1.29 is 13.9 Å². The molecule has 2 heterocycles. The van der Waals surface area contributed by atoms with Gasteiger partial charge in [-0.15, -0.1) is 0 Å². The van der Waals surface area contributed by atoms with E-state index < -0.39 is 11.6 Å². The lowest BCUT2D eigenvalue weighted by Gasteiger charge is -2.07. The average Bonchev–Trinajstić information content (AvgIpc) is 3.11. The summed E-state index contributed by atoms with van der Waals surface area (Å²) in [5.74, 6) is -1.04. The van der Waals surface area contributed by atoms with E-state index in [1.807, 2.05) is 37.3 Å². The second-order valence-corrected chi connectivity index (χ2v) is 6.34. The molecule has 1 N–H and O–H groups in total. The van der Waals surface area contributed by atoms with Gasteiger partial charge in [-0.1, -0.05) is 35.9 Å². The third-order valence-electron chi connectivity index (χ3n) is 4.59. The summed E-state index contributed by atoms with van der Waals surface area (Å²) in [6.45, 7) is 2.02. The summed E-state index contributed by atoms with van der Waals surface area (Å²) in [6, 6.07) is 14.5. The van der Waals surface area contributed by atoms with Crippen molar-refractivity contribution >= 4 is 16.8 Å². The van der Waals surface area contributed by atoms with Gasteiger partial charge in [-0.05, 0) is 30.7 Å². The van der Waals surface area contributed by atoms with Gasteiger partial charge < -0.3 is 9.72 Å². The number of methoxy groups -OCH3 is 1. The van der Waals surface area contributed by atoms with Crippen molar-refractivity contribution in [2.24, 2.45) is 0 Å². The van der Waals surface area contributed by atoms with Gasteiger partial charge in [-0.3, -0.25) is 4.79 Å². The summed E-state index contributed by atoms with van der Waals surface area (Å²) < 4.78 is 19.5. The molecule has 0 saturated heterocycles. The number of carbonyl (C=O) groups excluding carboxylic acids is 1. The third-order valence-corrected chi connectivity index (χ3v) is 4.59. The van der Waals surface area contributed by atoms with Crippen LogP contribution < -0.4 is 4.74 Å². The van der Waals surface area contributed by atoms with Gasteiger partial charge in [-0.25, -0.2) is 9.37 Å². The van der Waals surface area contributed by atoms with E-state index in [0.717, 1.165) is 11.1 Å². The average molecular weight is 360 g/mol. The molecule has 0 aliphatic carbocycles. The number of halogens is 1. The first-order chi connectivity index (χ1) is 13.1. The number of nitrogens with zero attached hydrogens (tertiary/aromatic N) is 1. The van der Waals surface area contributed by atoms with Crippen molar-refractivity contribution in [1.82, 2.24) is 9.97 Å². The highest BCUT2D eigenvalue weighted by atomic mass is 19.1. The van der Waals surface area contributed by atoms with Gasteiger partial charge in [0.15, 0.2) is 17.3 Å². The van der Waals surface area contributed by atoms with E-state index in [9.17, 15) is 9.18 Å². The monoisotopic (exact) mass is 360 g/mol. The maximum atomic E-state index is 14.5. The van der Waals surface area contributed by atoms with Gasteiger partial charge in [0.05, 0.1) is 12.7 Å². The van der Waals surface area contributed by atoms with Crippen LogP contribution in [0.4, 0.5) is 4.39 Å². The molecule has 4 rings (SSSR count). The SMILES string of the molecule is COc1cccc(C(=O)c2c[nH]c3ncc(-c4ccc(C)cc4)cc23)c1F. The molecule has 134 valence electrons. The fourth-order valence-corrected chi connectivity index (χ4v) is 3.08. The van der Waals surface area contributed by atoms with Crippen molar-refractivity contribution in [3.8, 4) is 16.9 Å². The summed E-state index contributed by atoms with van der Waals surface area (Å²) in [5.41, 5.74) is 3.98. The molecule has 0 amide bonds. The number of aryl methyl sites for hydroxylation is 1. The van der Waals surface area contributed by atoms with Gasteiger partial charge in [0, 0.05) is 28.9 Å². The van der Waals surface area contributed by atoms with Crippen LogP contribution in [0.1, 0.15) is 21.5 Å². The van der Waals surface area contributed by atoms with E-state index in [4.69, 9.17) is 4.74 Å². The zero-order valence-corrected chi connectivity index (χ0v) is 14.9. The lowest BCUT2D eigenvalue weighted by Crippen LogP contribution is -2.05. The molecule has 0 bridgehead atoms. The van der Waals surface area contributed by atoms with Crippen LogP contribution in [0.2, 0.25) is 0 Å². The summed E-state index contributed by atoms with van der Waals surface area (Å²) in [7, 11) is 1.37. The Morgan fingerprint density at radius 2 is 1.85 bits per heavy atom. The Morgan fingerprint density at radius 3 is 2.59 bits per heavy atom. The number of fused-ring (bicyclic) bond motifs is 1. The van der Waals surface area contributed by atoms with Crippen LogP contribution in [-0.2, 0) is 0 Å². The smallest absolute Gasteiger partial charge is 0.198 e. The van der Waals surface area contributed by atoms with Crippen LogP contribution >= 0.6 is 0 Å². The fraction of sp³-hybridized carbons (Fsp3) is 0.0909. The second kappa shape index (κ2) is 6.68. The molecule has 5 heteroatoms. The zero-order valence-electron chi connectivity index (χ0n) is 14.9. The summed E-state index contributed by atoms with van der Waals surface area (Å²) >= 11 is 0. The zero-order chi connectivity index (χ0) is 19.0. The van der Waals surface area contributed by atoms with Crippen molar-refractivity contribution in [3.63, 3.8) is 0 Å². The molecular formula is C22H17FN2O2. The number of nitrogens with one attached hydrogen (secondary N) is 1. The lowest BCUT2D eigenvalue weighted by atomic mass is 10.00. The molecule has 0 spiro atoms. The number of ketones is 1. The van der Waals surface area contributed by atoms with Crippen molar-refractivity contribution in [1.29, 1.82) is 0 Å². The Morgan fingerprint density at radius 1 is 1.07 bits per heavy atom. The first-order valence-electron chi connectivity index (χ1n) is 8.50. The molecule has 0 unspecified atom stereocenters. The van der Waals surface area contributed by atoms with Crippen LogP contribution in [0.5, 0.6) is 5.75 Å². The molecule has 0 aliphatic rings. The third kappa shape index (κ3) is 2.97. The Labute approximate surface area is 155 Å². The minimum absolute atomic E-state index is 0.0315. The van der Waals surface area contributed by atoms with Crippen LogP contribution in [0.3, 0.4) is 0 Å². The topological polar surface area (TPSA) is 55.0 Å². The summed E-state index contributed by atoms with van der Waals surface area (Å²) in [6.07, 6.45) is 3.32. The standard InChI is InChI=1S/C22H17FN2O2/c1-13-6-8-14(9-7-13)15-10-17-18(12-25-22(17)24-11-15)21(26)16-4-3-5-19(27-2)20(16)23/h3-12H,1-2H3,(H,24,25). The largest absolute Gasteiger partial charge is 0.494 e. The van der Waals surface area contributed by atoms with E-state index in [2.05, 4.69) is 9.97 Å². The number of carbonyl (C=O) groups is 1. The molecule has 4 aromatic rings. The predicted molar refractivity (Wildman–Crippen MR) is 103 cm³/mol. The maximum Gasteiger partial charge on any atom is 0.198 e. The number of H-pyrrole nitrogens is 1. The van der Waals surface area contributed by atoms with Gasteiger partial charge in [0.1, 0.15) is 5.65 Å². The van der Waals surface area contributed by atoms with Crippen LogP contribution in [0.25, 0.3) is 22.2 Å². The Hall–Kier alpha value is -3.47. The molecule has 0 saturated carbocycles. The molecular weight excluding hydrogens is 343 g/mol. The Kier molecular flexibility index (Phi) is 4.20. The molecule has 2 aromatic carbocycles. The molecule has 0 aliphatic heterocycles. The highest BCUT2D eigenvalue weighted by Gasteiger charge is 2.20. The lowest BCUT2D eigenvalue weighted by molar-refractivity contribution is 0.103. The minimum atomic E-state index is -0.665. The van der Waals surface area contributed by atoms with Gasteiger partial charge in [-0.2, -0.15) is 0 Å². The van der Waals surface area contributed by atoms with E-state index in [1.165, 1.54) is 24.8 Å². The van der Waals surface area contributed by atoms with Gasteiger partial charge in [0.25, 0.3) is 0 Å². The highest BCUT2D eigenvalue weighted by molar-refractivity contribution is 6.16. The first-order valence-corrected chi connectivity index (χ1v) is 8.50. The Bertz CT molecular complexity index is 1150. The number of hydrogen-bond acceptors (Lipinski definition) is 3. The molecule has 4 nitrogen and oxygen atoms in total. The van der Waals surface area contributed by atoms with Crippen molar-refractivity contribution in [2.45, 2.75) is 6.92 Å². The Balaban J connectivity index is 1.82. The van der Waals surface area contributed by atoms with E-state index >= 15 is 0 Å². The number of rotatable bonds is 4. The van der Waals surface area contributed by atoms with E-state index in [1.54, 1.807) is 18.5 Å². The summed E-state index contributed by atoms with van der Waals surface area (Å²) in [5, 5.41) is 0.653. The van der Waals surface area contributed by atoms with Crippen molar-refractivity contribution in [3.05, 3.63) is 83.4 Å². The number of hydrogen-bond donors (Lipinski definition) is 1. The highest BCUT2D eigenvalue weighted by Crippen LogP contribution is 2.28. The molecule has 0 fully saturated rings. The maximum absolute atomic E-state index is 14.5. The van der Waals surface area contributed by atoms with E-state index in [0.29, 0.717) is 16.6 Å². The number of aromatic nitrogens is 2. The quantitative estimate of drug-likeness (QED) is 0.526. The normalized spacial score (nSPS) is 10.9. The minimum Gasteiger partial charge on any atom is -0.494 e. The molecule has 27 heavy (non-hydrogen) atoms. The molecule has 0 atom stereocenters. The van der Waals surface area contributed by atoms with Crippen LogP contribution in [0.15, 0.2) is 60.9 Å². The van der Waals surface area contributed by atoms with Gasteiger partial charge in [0.2, 0.25) is 0 Å². The van der Waals surface area contributed by atoms with Crippen LogP contribution in [0, 0.1) is 12.7 Å². The first kappa shape index (κ1) is 17.0. The second-order valence-electron chi connectivity index (χ2n) is 6.34. The number of aromatic amines is 1. The number of benzene rings is 2. The van der Waals surface area contributed by atoms with E-state index in [-0.39, 0.29) is 11.3 Å². The fourth-order valence-electron chi connectivity index (χ4n) is 3.08. The predicted octanol–water partition coefficient (Wildman–Crippen LogP) is 4.92. The van der Waals surface area contributed by atoms with Crippen LogP contribution in [-0.4, -0.2) is 22.9 Å². The van der Waals surface area contributed by atoms with Crippen molar-refractivity contribution in [2.75, 3.05) is 7.11 Å². The molecule has 0 radical (unpaired) electrons. The molecule has 2 aromatic heterocycles. The number of pyridine rings is 1. The summed E-state index contributed by atoms with van der Waals surface area (Å²) in [4.78, 5) is 20.4.